The van der Waals surface area contributed by atoms with Crippen LogP contribution >= 0.6 is 0 Å². The molecule has 1 aliphatic rings. The quantitative estimate of drug-likeness (QED) is 0.566. The smallest absolute Gasteiger partial charge is 0.227 e. The Kier molecular flexibility index (Phi) is 5.37. The first kappa shape index (κ1) is 18.9. The van der Waals surface area contributed by atoms with Crippen LogP contribution in [-0.4, -0.2) is 20.9 Å². The Bertz CT molecular complexity index is 1010. The van der Waals surface area contributed by atoms with Crippen molar-refractivity contribution in [3.8, 4) is 0 Å². The average molecular weight is 388 g/mol. The molecule has 1 fully saturated rings. The van der Waals surface area contributed by atoms with Crippen LogP contribution in [0.4, 0.5) is 28.8 Å². The zero-order chi connectivity index (χ0) is 20.2. The molecule has 148 valence electrons. The number of pyridine rings is 1. The summed E-state index contributed by atoms with van der Waals surface area (Å²) in [6, 6.07) is 13.4. The molecule has 0 saturated heterocycles. The molecule has 0 aliphatic heterocycles. The summed E-state index contributed by atoms with van der Waals surface area (Å²) >= 11 is 0. The summed E-state index contributed by atoms with van der Waals surface area (Å²) in [5, 5.41) is 9.47. The van der Waals surface area contributed by atoms with Crippen molar-refractivity contribution < 1.29 is 4.79 Å². The van der Waals surface area contributed by atoms with Gasteiger partial charge in [-0.1, -0.05) is 6.42 Å². The molecule has 0 radical (unpaired) electrons. The van der Waals surface area contributed by atoms with Crippen LogP contribution in [0.2, 0.25) is 0 Å². The molecule has 0 bridgehead atoms. The van der Waals surface area contributed by atoms with E-state index in [0.717, 1.165) is 42.0 Å². The normalized spacial score (nSPS) is 13.4. The van der Waals surface area contributed by atoms with Crippen LogP contribution in [0, 0.1) is 19.8 Å². The predicted molar refractivity (Wildman–Crippen MR) is 115 cm³/mol. The van der Waals surface area contributed by atoms with E-state index in [-0.39, 0.29) is 11.8 Å². The zero-order valence-electron chi connectivity index (χ0n) is 16.6. The summed E-state index contributed by atoms with van der Waals surface area (Å²) < 4.78 is 0. The Labute approximate surface area is 170 Å². The van der Waals surface area contributed by atoms with E-state index in [1.165, 1.54) is 0 Å². The summed E-state index contributed by atoms with van der Waals surface area (Å²) in [4.78, 5) is 25.2. The number of aromatic nitrogens is 3. The lowest BCUT2D eigenvalue weighted by Crippen LogP contribution is -2.27. The van der Waals surface area contributed by atoms with Gasteiger partial charge in [0.15, 0.2) is 0 Å². The van der Waals surface area contributed by atoms with Crippen molar-refractivity contribution in [1.82, 2.24) is 15.0 Å². The van der Waals surface area contributed by atoms with Crippen LogP contribution in [0.1, 0.15) is 30.7 Å². The SMILES string of the molecule is Cc1ccnc(Nc2cc(Nc3ccc(NC(=O)C4CCC4)cc3)nc(C)n2)c1. The van der Waals surface area contributed by atoms with Gasteiger partial charge in [-0.3, -0.25) is 4.79 Å². The van der Waals surface area contributed by atoms with Crippen LogP contribution in [0.3, 0.4) is 0 Å². The average Bonchev–Trinajstić information content (AvgIpc) is 2.61. The van der Waals surface area contributed by atoms with Crippen LogP contribution in [0.15, 0.2) is 48.7 Å². The maximum Gasteiger partial charge on any atom is 0.227 e. The number of benzene rings is 1. The lowest BCUT2D eigenvalue weighted by Gasteiger charge is -2.24. The first-order valence-electron chi connectivity index (χ1n) is 9.78. The third kappa shape index (κ3) is 4.87. The molecule has 0 spiro atoms. The van der Waals surface area contributed by atoms with Gasteiger partial charge in [-0.15, -0.1) is 0 Å². The lowest BCUT2D eigenvalue weighted by molar-refractivity contribution is -0.122. The highest BCUT2D eigenvalue weighted by atomic mass is 16.1. The minimum atomic E-state index is 0.115. The van der Waals surface area contributed by atoms with Gasteiger partial charge in [-0.25, -0.2) is 15.0 Å². The van der Waals surface area contributed by atoms with E-state index in [4.69, 9.17) is 0 Å². The molecule has 29 heavy (non-hydrogen) atoms. The zero-order valence-corrected chi connectivity index (χ0v) is 16.6. The predicted octanol–water partition coefficient (Wildman–Crippen LogP) is 4.71. The minimum absolute atomic E-state index is 0.115. The largest absolute Gasteiger partial charge is 0.340 e. The maximum absolute atomic E-state index is 12.1. The first-order chi connectivity index (χ1) is 14.0. The number of hydrogen-bond acceptors (Lipinski definition) is 6. The fourth-order valence-corrected chi connectivity index (χ4v) is 3.13. The van der Waals surface area contributed by atoms with Crippen LogP contribution in [0.25, 0.3) is 0 Å². The van der Waals surface area contributed by atoms with Gasteiger partial charge in [0, 0.05) is 29.6 Å². The van der Waals surface area contributed by atoms with E-state index in [1.54, 1.807) is 6.20 Å². The Morgan fingerprint density at radius 2 is 1.59 bits per heavy atom. The molecule has 2 aromatic heterocycles. The van der Waals surface area contributed by atoms with E-state index in [9.17, 15) is 4.79 Å². The Balaban J connectivity index is 1.43. The third-order valence-electron chi connectivity index (χ3n) is 4.91. The number of amides is 1. The molecule has 1 aromatic carbocycles. The Morgan fingerprint density at radius 3 is 2.24 bits per heavy atom. The van der Waals surface area contributed by atoms with Gasteiger partial charge in [-0.2, -0.15) is 0 Å². The van der Waals surface area contributed by atoms with Gasteiger partial charge < -0.3 is 16.0 Å². The molecular weight excluding hydrogens is 364 g/mol. The van der Waals surface area contributed by atoms with Crippen molar-refractivity contribution >= 4 is 34.7 Å². The number of carbonyl (C=O) groups is 1. The van der Waals surface area contributed by atoms with Crippen molar-refractivity contribution in [2.45, 2.75) is 33.1 Å². The fraction of sp³-hybridized carbons (Fsp3) is 0.273. The van der Waals surface area contributed by atoms with E-state index >= 15 is 0 Å². The fourth-order valence-electron chi connectivity index (χ4n) is 3.13. The molecule has 3 N–H and O–H groups in total. The first-order valence-corrected chi connectivity index (χ1v) is 9.78. The van der Waals surface area contributed by atoms with Crippen molar-refractivity contribution in [1.29, 1.82) is 0 Å². The monoisotopic (exact) mass is 388 g/mol. The van der Waals surface area contributed by atoms with Gasteiger partial charge in [0.2, 0.25) is 5.91 Å². The molecule has 1 aliphatic carbocycles. The topological polar surface area (TPSA) is 91.8 Å². The highest BCUT2D eigenvalue weighted by molar-refractivity contribution is 5.93. The summed E-state index contributed by atoms with van der Waals surface area (Å²) in [5.41, 5.74) is 2.81. The molecule has 7 nitrogen and oxygen atoms in total. The second-order valence-electron chi connectivity index (χ2n) is 7.35. The van der Waals surface area contributed by atoms with Crippen molar-refractivity contribution in [2.75, 3.05) is 16.0 Å². The molecule has 1 amide bonds. The lowest BCUT2D eigenvalue weighted by atomic mass is 9.85. The molecule has 2 heterocycles. The number of nitrogens with one attached hydrogen (secondary N) is 3. The summed E-state index contributed by atoms with van der Waals surface area (Å²) in [5.74, 6) is 3.02. The van der Waals surface area contributed by atoms with Gasteiger partial charge in [0.25, 0.3) is 0 Å². The highest BCUT2D eigenvalue weighted by Crippen LogP contribution is 2.28. The Hall–Kier alpha value is -3.48. The van der Waals surface area contributed by atoms with Gasteiger partial charge >= 0.3 is 0 Å². The molecule has 1 saturated carbocycles. The van der Waals surface area contributed by atoms with Crippen LogP contribution in [0.5, 0.6) is 0 Å². The molecule has 0 unspecified atom stereocenters. The number of hydrogen-bond donors (Lipinski definition) is 3. The van der Waals surface area contributed by atoms with Crippen molar-refractivity contribution in [2.24, 2.45) is 5.92 Å². The van der Waals surface area contributed by atoms with Crippen molar-refractivity contribution in [3.05, 3.63) is 60.0 Å². The number of carbonyl (C=O) groups excluding carboxylic acids is 1. The third-order valence-corrected chi connectivity index (χ3v) is 4.91. The molecule has 4 rings (SSSR count). The standard InChI is InChI=1S/C22H24N6O/c1-14-10-11-23-19(12-14)28-21-13-20(24-15(2)25-21)26-17-6-8-18(9-7-17)27-22(29)16-4-3-5-16/h6-13,16H,3-5H2,1-2H3,(H,27,29)(H2,23,24,25,26,28). The van der Waals surface area contributed by atoms with Gasteiger partial charge in [0.05, 0.1) is 0 Å². The van der Waals surface area contributed by atoms with Crippen LogP contribution in [-0.2, 0) is 4.79 Å². The van der Waals surface area contributed by atoms with E-state index in [1.807, 2.05) is 56.3 Å². The van der Waals surface area contributed by atoms with Gasteiger partial charge in [-0.05, 0) is 68.7 Å². The van der Waals surface area contributed by atoms with Crippen LogP contribution < -0.4 is 16.0 Å². The summed E-state index contributed by atoms with van der Waals surface area (Å²) in [7, 11) is 0. The van der Waals surface area contributed by atoms with E-state index in [0.29, 0.717) is 17.5 Å². The van der Waals surface area contributed by atoms with E-state index < -0.39 is 0 Å². The number of nitrogens with zero attached hydrogens (tertiary/aromatic N) is 3. The second-order valence-corrected chi connectivity index (χ2v) is 7.35. The minimum Gasteiger partial charge on any atom is -0.340 e. The summed E-state index contributed by atoms with van der Waals surface area (Å²) in [6.45, 7) is 3.86. The molecule has 0 atom stereocenters. The van der Waals surface area contributed by atoms with Gasteiger partial charge in [0.1, 0.15) is 23.3 Å². The number of rotatable bonds is 6. The second kappa shape index (κ2) is 8.26. The number of aryl methyl sites for hydroxylation is 2. The molecular formula is C22H24N6O. The van der Waals surface area contributed by atoms with E-state index in [2.05, 4.69) is 30.9 Å². The Morgan fingerprint density at radius 1 is 0.897 bits per heavy atom. The highest BCUT2D eigenvalue weighted by Gasteiger charge is 2.25. The maximum atomic E-state index is 12.1. The summed E-state index contributed by atoms with van der Waals surface area (Å²) in [6.07, 6.45) is 4.90. The molecule has 7 heteroatoms. The molecule has 3 aromatic rings. The number of anilines is 5. The van der Waals surface area contributed by atoms with Crippen molar-refractivity contribution in [3.63, 3.8) is 0 Å².